The van der Waals surface area contributed by atoms with Gasteiger partial charge in [-0.05, 0) is 42.7 Å². The van der Waals surface area contributed by atoms with Gasteiger partial charge in [-0.25, -0.2) is 9.97 Å². The molecule has 2 aromatic rings. The smallest absolute Gasteiger partial charge is 0.254 e. The molecule has 4 rings (SSSR count). The fraction of sp³-hybridized carbons (Fsp3) is 0.421. The van der Waals surface area contributed by atoms with E-state index in [1.54, 1.807) is 13.3 Å². The molecule has 1 saturated heterocycles. The first-order valence-electron chi connectivity index (χ1n) is 8.91. The van der Waals surface area contributed by atoms with Crippen LogP contribution in [0.3, 0.4) is 0 Å². The van der Waals surface area contributed by atoms with E-state index in [1.807, 2.05) is 29.2 Å². The van der Waals surface area contributed by atoms with E-state index in [4.69, 9.17) is 10.5 Å². The maximum absolute atomic E-state index is 12.8. The van der Waals surface area contributed by atoms with E-state index >= 15 is 0 Å². The van der Waals surface area contributed by atoms with Crippen LogP contribution in [0, 0.1) is 0 Å². The van der Waals surface area contributed by atoms with E-state index < -0.39 is 0 Å². The molecule has 0 saturated carbocycles. The molecule has 2 aliphatic heterocycles. The third-order valence-corrected chi connectivity index (χ3v) is 5.21. The molecule has 0 radical (unpaired) electrons. The first kappa shape index (κ1) is 16.8. The lowest BCUT2D eigenvalue weighted by Crippen LogP contribution is -2.36. The highest BCUT2D eigenvalue weighted by Gasteiger charge is 2.25. The Hall–Kier alpha value is -2.67. The van der Waals surface area contributed by atoms with Crippen molar-refractivity contribution in [2.24, 2.45) is 0 Å². The number of amides is 1. The number of hydrogen-bond donors (Lipinski definition) is 1. The molecule has 1 aromatic heterocycles. The predicted molar refractivity (Wildman–Crippen MR) is 99.0 cm³/mol. The number of carbonyl (C=O) groups is 1. The minimum Gasteiger partial charge on any atom is -0.380 e. The van der Waals surface area contributed by atoms with Crippen LogP contribution >= 0.6 is 0 Å². The fourth-order valence-corrected chi connectivity index (χ4v) is 3.64. The molecule has 26 heavy (non-hydrogen) atoms. The van der Waals surface area contributed by atoms with E-state index in [-0.39, 0.29) is 11.9 Å². The van der Waals surface area contributed by atoms with Gasteiger partial charge in [-0.1, -0.05) is 0 Å². The summed E-state index contributed by atoms with van der Waals surface area (Å²) in [6, 6.07) is 7.84. The number of methoxy groups -OCH3 is 1. The summed E-state index contributed by atoms with van der Waals surface area (Å²) < 4.78 is 5.42. The van der Waals surface area contributed by atoms with Crippen molar-refractivity contribution in [3.8, 4) is 0 Å². The molecule has 0 bridgehead atoms. The zero-order valence-electron chi connectivity index (χ0n) is 14.9. The second-order valence-electron chi connectivity index (χ2n) is 6.82. The highest BCUT2D eigenvalue weighted by atomic mass is 16.5. The quantitative estimate of drug-likeness (QED) is 0.900. The highest BCUT2D eigenvalue weighted by Crippen LogP contribution is 2.24. The third-order valence-electron chi connectivity index (χ3n) is 5.21. The third kappa shape index (κ3) is 3.22. The Morgan fingerprint density at radius 3 is 2.81 bits per heavy atom. The Balaban J connectivity index is 1.45. The lowest BCUT2D eigenvalue weighted by molar-refractivity contribution is 0.0731. The van der Waals surface area contributed by atoms with E-state index in [0.717, 1.165) is 42.9 Å². The predicted octanol–water partition coefficient (Wildman–Crippen LogP) is 1.48. The van der Waals surface area contributed by atoms with Crippen LogP contribution in [0.25, 0.3) is 0 Å². The highest BCUT2D eigenvalue weighted by molar-refractivity contribution is 5.94. The molecule has 3 heterocycles. The number of anilines is 2. The van der Waals surface area contributed by atoms with Gasteiger partial charge in [0, 0.05) is 44.2 Å². The van der Waals surface area contributed by atoms with Crippen LogP contribution in [-0.2, 0) is 17.7 Å². The van der Waals surface area contributed by atoms with Crippen molar-refractivity contribution in [3.63, 3.8) is 0 Å². The van der Waals surface area contributed by atoms with Gasteiger partial charge in [-0.3, -0.25) is 4.79 Å². The number of fused-ring (bicyclic) bond motifs is 1. The Morgan fingerprint density at radius 1 is 1.27 bits per heavy atom. The normalized spacial score (nSPS) is 19.5. The number of rotatable bonds is 3. The average molecular weight is 353 g/mol. The summed E-state index contributed by atoms with van der Waals surface area (Å²) >= 11 is 0. The van der Waals surface area contributed by atoms with Crippen molar-refractivity contribution in [2.75, 3.05) is 37.4 Å². The van der Waals surface area contributed by atoms with Gasteiger partial charge in [0.15, 0.2) is 0 Å². The minimum atomic E-state index is 0.0237. The summed E-state index contributed by atoms with van der Waals surface area (Å²) in [4.78, 5) is 25.3. The van der Waals surface area contributed by atoms with Gasteiger partial charge >= 0.3 is 0 Å². The van der Waals surface area contributed by atoms with Crippen LogP contribution in [0.5, 0.6) is 0 Å². The molecule has 1 fully saturated rings. The van der Waals surface area contributed by atoms with E-state index in [2.05, 4.69) is 14.9 Å². The summed E-state index contributed by atoms with van der Waals surface area (Å²) in [7, 11) is 1.76. The van der Waals surface area contributed by atoms with Crippen LogP contribution in [0.2, 0.25) is 0 Å². The Kier molecular flexibility index (Phi) is 4.46. The lowest BCUT2D eigenvalue weighted by atomic mass is 10.1. The molecule has 0 aliphatic carbocycles. The zero-order valence-corrected chi connectivity index (χ0v) is 14.9. The number of nitrogens with zero attached hydrogens (tertiary/aromatic N) is 4. The molecule has 1 atom stereocenters. The first-order valence-corrected chi connectivity index (χ1v) is 8.91. The van der Waals surface area contributed by atoms with Crippen molar-refractivity contribution in [1.82, 2.24) is 14.9 Å². The van der Waals surface area contributed by atoms with Gasteiger partial charge in [0.25, 0.3) is 5.91 Å². The molecular formula is C19H23N5O2. The lowest BCUT2D eigenvalue weighted by Gasteiger charge is -2.28. The summed E-state index contributed by atoms with van der Waals surface area (Å²) in [6.07, 6.45) is 3.85. The monoisotopic (exact) mass is 353 g/mol. The summed E-state index contributed by atoms with van der Waals surface area (Å²) in [5.41, 5.74) is 9.41. The van der Waals surface area contributed by atoms with Crippen LogP contribution in [0.4, 0.5) is 11.6 Å². The van der Waals surface area contributed by atoms with Crippen molar-refractivity contribution in [2.45, 2.75) is 25.5 Å². The zero-order chi connectivity index (χ0) is 18.1. The number of nitrogens with two attached hydrogens (primary N) is 1. The summed E-state index contributed by atoms with van der Waals surface area (Å²) in [6.45, 7) is 3.02. The Bertz CT molecular complexity index is 808. The number of benzene rings is 1. The van der Waals surface area contributed by atoms with Gasteiger partial charge in [0.2, 0.25) is 5.95 Å². The van der Waals surface area contributed by atoms with Crippen molar-refractivity contribution in [1.29, 1.82) is 0 Å². The topological polar surface area (TPSA) is 84.6 Å². The Labute approximate surface area is 152 Å². The van der Waals surface area contributed by atoms with Crippen molar-refractivity contribution in [3.05, 3.63) is 47.3 Å². The van der Waals surface area contributed by atoms with Gasteiger partial charge in [-0.15, -0.1) is 0 Å². The van der Waals surface area contributed by atoms with Gasteiger partial charge in [0.05, 0.1) is 18.3 Å². The number of nitrogen functional groups attached to an aromatic ring is 1. The van der Waals surface area contributed by atoms with E-state index in [0.29, 0.717) is 24.8 Å². The largest absolute Gasteiger partial charge is 0.380 e. The molecule has 2 N–H and O–H groups in total. The second kappa shape index (κ2) is 6.92. The van der Waals surface area contributed by atoms with Gasteiger partial charge < -0.3 is 20.3 Å². The SMILES string of the molecule is COC1CCN(c2ccc(C(=O)N3CCc4cnc(N)nc4C3)cc2)C1. The minimum absolute atomic E-state index is 0.0237. The van der Waals surface area contributed by atoms with Crippen molar-refractivity contribution >= 4 is 17.5 Å². The van der Waals surface area contributed by atoms with Crippen molar-refractivity contribution < 1.29 is 9.53 Å². The van der Waals surface area contributed by atoms with Crippen LogP contribution in [0.1, 0.15) is 28.0 Å². The van der Waals surface area contributed by atoms with Crippen LogP contribution in [-0.4, -0.2) is 53.6 Å². The van der Waals surface area contributed by atoms with Crippen LogP contribution in [0.15, 0.2) is 30.5 Å². The van der Waals surface area contributed by atoms with E-state index in [1.165, 1.54) is 0 Å². The van der Waals surface area contributed by atoms with Gasteiger partial charge in [-0.2, -0.15) is 0 Å². The first-order chi connectivity index (χ1) is 12.6. The molecule has 1 amide bonds. The number of ether oxygens (including phenoxy) is 1. The Morgan fingerprint density at radius 2 is 2.08 bits per heavy atom. The fourth-order valence-electron chi connectivity index (χ4n) is 3.64. The van der Waals surface area contributed by atoms with Gasteiger partial charge in [0.1, 0.15) is 0 Å². The molecule has 2 aliphatic rings. The summed E-state index contributed by atoms with van der Waals surface area (Å²) in [5, 5.41) is 0. The number of carbonyl (C=O) groups excluding carboxylic acids is 1. The standard InChI is InChI=1S/C19H23N5O2/c1-26-16-7-9-23(11-16)15-4-2-13(3-5-15)18(25)24-8-6-14-10-21-19(20)22-17(14)12-24/h2-5,10,16H,6-9,11-12H2,1H3,(H2,20,21,22). The summed E-state index contributed by atoms with van der Waals surface area (Å²) in [5.74, 6) is 0.276. The molecule has 7 heteroatoms. The molecule has 1 unspecified atom stereocenters. The molecule has 1 aromatic carbocycles. The maximum Gasteiger partial charge on any atom is 0.254 e. The molecule has 136 valence electrons. The van der Waals surface area contributed by atoms with E-state index in [9.17, 15) is 4.79 Å². The molecular weight excluding hydrogens is 330 g/mol. The molecule has 0 spiro atoms. The average Bonchev–Trinajstić information content (AvgIpc) is 3.16. The van der Waals surface area contributed by atoms with Crippen LogP contribution < -0.4 is 10.6 Å². The number of aromatic nitrogens is 2. The molecule has 7 nitrogen and oxygen atoms in total. The number of hydrogen-bond acceptors (Lipinski definition) is 6. The second-order valence-corrected chi connectivity index (χ2v) is 6.82. The maximum atomic E-state index is 12.8.